The second-order valence-electron chi connectivity index (χ2n) is 5.55. The third-order valence-electron chi connectivity index (χ3n) is 4.14. The lowest BCUT2D eigenvalue weighted by Gasteiger charge is -2.21. The standard InChI is InChI=1S/C19H21NOS2/c1-22-18-10-6-5-9-16(18)19(21)20-12-11-17(23-14-13-20)15-7-3-2-4-8-15/h2-10,17H,11-14H2,1H3/t17-/m1/s1. The first-order valence-corrected chi connectivity index (χ1v) is 10.2. The lowest BCUT2D eigenvalue weighted by Crippen LogP contribution is -2.33. The van der Waals surface area contributed by atoms with Crippen molar-refractivity contribution in [2.24, 2.45) is 0 Å². The highest BCUT2D eigenvalue weighted by atomic mass is 32.2. The molecule has 4 heteroatoms. The van der Waals surface area contributed by atoms with Gasteiger partial charge in [0.05, 0.1) is 5.56 Å². The molecule has 0 aromatic heterocycles. The SMILES string of the molecule is CSc1ccccc1C(=O)N1CCS[C@@H](c2ccccc2)CC1. The van der Waals surface area contributed by atoms with Crippen LogP contribution in [0.2, 0.25) is 0 Å². The molecule has 0 spiro atoms. The van der Waals surface area contributed by atoms with Crippen molar-refractivity contribution in [3.8, 4) is 0 Å². The van der Waals surface area contributed by atoms with E-state index in [-0.39, 0.29) is 5.91 Å². The Morgan fingerprint density at radius 1 is 1.09 bits per heavy atom. The predicted molar refractivity (Wildman–Crippen MR) is 100 cm³/mol. The Morgan fingerprint density at radius 3 is 2.61 bits per heavy atom. The number of benzene rings is 2. The zero-order valence-corrected chi connectivity index (χ0v) is 14.9. The molecule has 0 bridgehead atoms. The molecular weight excluding hydrogens is 322 g/mol. The van der Waals surface area contributed by atoms with Gasteiger partial charge in [-0.2, -0.15) is 11.8 Å². The molecule has 1 amide bonds. The Bertz CT molecular complexity index is 659. The minimum Gasteiger partial charge on any atom is -0.338 e. The molecule has 1 saturated heterocycles. The number of carbonyl (C=O) groups is 1. The first-order chi connectivity index (χ1) is 11.3. The summed E-state index contributed by atoms with van der Waals surface area (Å²) in [6, 6.07) is 18.5. The second-order valence-corrected chi connectivity index (χ2v) is 7.71. The number of rotatable bonds is 3. The molecule has 1 fully saturated rings. The summed E-state index contributed by atoms with van der Waals surface area (Å²) in [4.78, 5) is 16.0. The predicted octanol–water partition coefficient (Wildman–Crippen LogP) is 4.73. The fourth-order valence-electron chi connectivity index (χ4n) is 2.90. The molecule has 23 heavy (non-hydrogen) atoms. The Hall–Kier alpha value is -1.39. The maximum absolute atomic E-state index is 12.9. The van der Waals surface area contributed by atoms with E-state index < -0.39 is 0 Å². The zero-order chi connectivity index (χ0) is 16.1. The van der Waals surface area contributed by atoms with E-state index in [2.05, 4.69) is 30.3 Å². The molecule has 120 valence electrons. The molecule has 1 heterocycles. The highest BCUT2D eigenvalue weighted by Gasteiger charge is 2.23. The number of hydrogen-bond donors (Lipinski definition) is 0. The van der Waals surface area contributed by atoms with Crippen molar-refractivity contribution in [3.05, 3.63) is 65.7 Å². The van der Waals surface area contributed by atoms with Crippen LogP contribution in [0.5, 0.6) is 0 Å². The Labute approximate surface area is 146 Å². The maximum Gasteiger partial charge on any atom is 0.255 e. The van der Waals surface area contributed by atoms with Crippen LogP contribution in [0, 0.1) is 0 Å². The molecule has 3 rings (SSSR count). The summed E-state index contributed by atoms with van der Waals surface area (Å²) in [5.74, 6) is 1.16. The van der Waals surface area contributed by atoms with Gasteiger partial charge in [0.2, 0.25) is 0 Å². The summed E-state index contributed by atoms with van der Waals surface area (Å²) in [5, 5.41) is 0.491. The maximum atomic E-state index is 12.9. The number of amides is 1. The molecular formula is C19H21NOS2. The van der Waals surface area contributed by atoms with Crippen LogP contribution in [0.3, 0.4) is 0 Å². The van der Waals surface area contributed by atoms with Gasteiger partial charge in [-0.3, -0.25) is 4.79 Å². The van der Waals surface area contributed by atoms with Crippen molar-refractivity contribution < 1.29 is 4.79 Å². The molecule has 0 saturated carbocycles. The molecule has 0 N–H and O–H groups in total. The van der Waals surface area contributed by atoms with Crippen molar-refractivity contribution in [2.75, 3.05) is 25.1 Å². The monoisotopic (exact) mass is 343 g/mol. The van der Waals surface area contributed by atoms with Crippen molar-refractivity contribution in [1.82, 2.24) is 4.90 Å². The third kappa shape index (κ3) is 3.93. The molecule has 0 radical (unpaired) electrons. The van der Waals surface area contributed by atoms with Gasteiger partial charge in [-0.15, -0.1) is 11.8 Å². The van der Waals surface area contributed by atoms with Gasteiger partial charge in [-0.05, 0) is 30.4 Å². The van der Waals surface area contributed by atoms with Crippen LogP contribution in [0.4, 0.5) is 0 Å². The molecule has 2 aromatic rings. The summed E-state index contributed by atoms with van der Waals surface area (Å²) in [5.41, 5.74) is 2.21. The van der Waals surface area contributed by atoms with Gasteiger partial charge in [0, 0.05) is 29.0 Å². The first-order valence-electron chi connectivity index (χ1n) is 7.88. The van der Waals surface area contributed by atoms with Crippen molar-refractivity contribution in [1.29, 1.82) is 0 Å². The summed E-state index contributed by atoms with van der Waals surface area (Å²) < 4.78 is 0. The Balaban J connectivity index is 1.71. The summed E-state index contributed by atoms with van der Waals surface area (Å²) >= 11 is 3.60. The molecule has 2 nitrogen and oxygen atoms in total. The first kappa shape index (κ1) is 16.5. The van der Waals surface area contributed by atoms with E-state index >= 15 is 0 Å². The minimum atomic E-state index is 0.171. The quantitative estimate of drug-likeness (QED) is 0.752. The molecule has 1 aliphatic heterocycles. The molecule has 0 unspecified atom stereocenters. The highest BCUT2D eigenvalue weighted by molar-refractivity contribution is 7.99. The normalized spacial score (nSPS) is 18.5. The zero-order valence-electron chi connectivity index (χ0n) is 13.3. The van der Waals surface area contributed by atoms with E-state index in [1.165, 1.54) is 5.56 Å². The van der Waals surface area contributed by atoms with Crippen LogP contribution < -0.4 is 0 Å². The van der Waals surface area contributed by atoms with Crippen molar-refractivity contribution >= 4 is 29.4 Å². The fraction of sp³-hybridized carbons (Fsp3) is 0.316. The van der Waals surface area contributed by atoms with Crippen molar-refractivity contribution in [3.63, 3.8) is 0 Å². The Kier molecular flexibility index (Phi) is 5.68. The van der Waals surface area contributed by atoms with E-state index in [1.807, 2.05) is 47.2 Å². The second kappa shape index (κ2) is 7.93. The topological polar surface area (TPSA) is 20.3 Å². The largest absolute Gasteiger partial charge is 0.338 e. The van der Waals surface area contributed by atoms with Crippen LogP contribution >= 0.6 is 23.5 Å². The number of carbonyl (C=O) groups excluding carboxylic acids is 1. The average Bonchev–Trinajstić information content (AvgIpc) is 2.88. The van der Waals surface area contributed by atoms with E-state index in [4.69, 9.17) is 0 Å². The molecule has 1 aliphatic rings. The smallest absolute Gasteiger partial charge is 0.255 e. The van der Waals surface area contributed by atoms with Crippen LogP contribution in [0.1, 0.15) is 27.6 Å². The van der Waals surface area contributed by atoms with E-state index in [0.29, 0.717) is 5.25 Å². The van der Waals surface area contributed by atoms with Gasteiger partial charge in [0.1, 0.15) is 0 Å². The number of thioether (sulfide) groups is 2. The highest BCUT2D eigenvalue weighted by Crippen LogP contribution is 2.34. The molecule has 2 aromatic carbocycles. The van der Waals surface area contributed by atoms with Crippen LogP contribution in [-0.4, -0.2) is 35.9 Å². The van der Waals surface area contributed by atoms with E-state index in [9.17, 15) is 4.79 Å². The third-order valence-corrected chi connectivity index (χ3v) is 6.26. The van der Waals surface area contributed by atoms with Gasteiger partial charge < -0.3 is 4.90 Å². The number of hydrogen-bond acceptors (Lipinski definition) is 3. The minimum absolute atomic E-state index is 0.171. The number of nitrogens with zero attached hydrogens (tertiary/aromatic N) is 1. The fourth-order valence-corrected chi connectivity index (χ4v) is 4.72. The summed E-state index contributed by atoms with van der Waals surface area (Å²) in [7, 11) is 0. The van der Waals surface area contributed by atoms with E-state index in [1.54, 1.807) is 11.8 Å². The van der Waals surface area contributed by atoms with Crippen LogP contribution in [-0.2, 0) is 0 Å². The molecule has 1 atom stereocenters. The summed E-state index contributed by atoms with van der Waals surface area (Å²) in [6.07, 6.45) is 3.04. The van der Waals surface area contributed by atoms with Gasteiger partial charge in [-0.25, -0.2) is 0 Å². The molecule has 0 aliphatic carbocycles. The average molecular weight is 344 g/mol. The Morgan fingerprint density at radius 2 is 1.83 bits per heavy atom. The van der Waals surface area contributed by atoms with Crippen LogP contribution in [0.15, 0.2) is 59.5 Å². The lowest BCUT2D eigenvalue weighted by molar-refractivity contribution is 0.0763. The van der Waals surface area contributed by atoms with E-state index in [0.717, 1.165) is 35.7 Å². The summed E-state index contributed by atoms with van der Waals surface area (Å²) in [6.45, 7) is 1.66. The van der Waals surface area contributed by atoms with Gasteiger partial charge in [0.25, 0.3) is 5.91 Å². The van der Waals surface area contributed by atoms with Crippen LogP contribution in [0.25, 0.3) is 0 Å². The van der Waals surface area contributed by atoms with Gasteiger partial charge in [0.15, 0.2) is 0 Å². The van der Waals surface area contributed by atoms with Gasteiger partial charge in [-0.1, -0.05) is 42.5 Å². The van der Waals surface area contributed by atoms with Gasteiger partial charge >= 0.3 is 0 Å². The van der Waals surface area contributed by atoms with Crippen molar-refractivity contribution in [2.45, 2.75) is 16.6 Å². The lowest BCUT2D eigenvalue weighted by atomic mass is 10.1.